The summed E-state index contributed by atoms with van der Waals surface area (Å²) in [5.74, 6) is 4.24. The van der Waals surface area contributed by atoms with E-state index < -0.39 is 5.60 Å². The van der Waals surface area contributed by atoms with E-state index in [1.807, 2.05) is 13.8 Å². The summed E-state index contributed by atoms with van der Waals surface area (Å²) in [6, 6.07) is 0. The third-order valence-electron chi connectivity index (χ3n) is 11.9. The van der Waals surface area contributed by atoms with Gasteiger partial charge in [-0.15, -0.1) is 0 Å². The lowest BCUT2D eigenvalue weighted by Crippen LogP contribution is -2.59. The Labute approximate surface area is 215 Å². The normalized spacial score (nSPS) is 44.9. The lowest BCUT2D eigenvalue weighted by atomic mass is 9.44. The molecule has 4 nitrogen and oxygen atoms in total. The fraction of sp³-hybridized carbons (Fsp3) is 1.00. The number of hydrogen-bond acceptors (Lipinski definition) is 4. The molecule has 0 aromatic heterocycles. The number of aliphatic hydroxyl groups is 2. The van der Waals surface area contributed by atoms with Gasteiger partial charge in [-0.2, -0.15) is 0 Å². The van der Waals surface area contributed by atoms with E-state index in [1.165, 1.54) is 38.5 Å². The number of fused-ring (bicyclic) bond motifs is 5. The van der Waals surface area contributed by atoms with Crippen LogP contribution >= 0.6 is 0 Å². The summed E-state index contributed by atoms with van der Waals surface area (Å²) in [7, 11) is 1.73. The Balaban J connectivity index is 1.44. The summed E-state index contributed by atoms with van der Waals surface area (Å²) in [6.45, 7) is 16.1. The molecule has 4 heteroatoms. The lowest BCUT2D eigenvalue weighted by molar-refractivity contribution is -0.195. The zero-order chi connectivity index (χ0) is 25.8. The van der Waals surface area contributed by atoms with Gasteiger partial charge in [0.15, 0.2) is 0 Å². The molecule has 0 amide bonds. The molecule has 204 valence electrons. The minimum absolute atomic E-state index is 0.0552. The van der Waals surface area contributed by atoms with Gasteiger partial charge in [-0.05, 0) is 138 Å². The van der Waals surface area contributed by atoms with Crippen LogP contribution in [0.4, 0.5) is 0 Å². The van der Waals surface area contributed by atoms with Crippen molar-refractivity contribution in [2.24, 2.45) is 46.3 Å². The van der Waals surface area contributed by atoms with Gasteiger partial charge in [0.05, 0.1) is 30.0 Å². The fourth-order valence-corrected chi connectivity index (χ4v) is 9.61. The van der Waals surface area contributed by atoms with Crippen molar-refractivity contribution in [2.45, 2.75) is 136 Å². The first-order valence-corrected chi connectivity index (χ1v) is 14.8. The maximum atomic E-state index is 11.5. The van der Waals surface area contributed by atoms with E-state index in [-0.39, 0.29) is 23.2 Å². The van der Waals surface area contributed by atoms with Gasteiger partial charge in [0.2, 0.25) is 0 Å². The number of aliphatic hydroxyl groups excluding tert-OH is 1. The van der Waals surface area contributed by atoms with Crippen LogP contribution in [0.15, 0.2) is 0 Å². The molecular formula is C31H56O4. The zero-order valence-electron chi connectivity index (χ0n) is 24.1. The van der Waals surface area contributed by atoms with Crippen LogP contribution in [-0.2, 0) is 9.47 Å². The monoisotopic (exact) mass is 492 g/mol. The Kier molecular flexibility index (Phi) is 7.85. The molecule has 0 unspecified atom stereocenters. The van der Waals surface area contributed by atoms with Crippen molar-refractivity contribution >= 4 is 0 Å². The molecule has 4 fully saturated rings. The summed E-state index contributed by atoms with van der Waals surface area (Å²) >= 11 is 0. The van der Waals surface area contributed by atoms with E-state index in [2.05, 4.69) is 34.6 Å². The summed E-state index contributed by atoms with van der Waals surface area (Å²) in [6.07, 6.45) is 11.6. The molecule has 0 bridgehead atoms. The molecule has 35 heavy (non-hydrogen) atoms. The van der Waals surface area contributed by atoms with Crippen LogP contribution in [0.25, 0.3) is 0 Å². The van der Waals surface area contributed by atoms with E-state index in [0.717, 1.165) is 49.4 Å². The first kappa shape index (κ1) is 27.9. The molecule has 0 aromatic rings. The highest BCUT2D eigenvalue weighted by Gasteiger charge is 2.62. The second kappa shape index (κ2) is 9.86. The average Bonchev–Trinajstić information content (AvgIpc) is 3.14. The average molecular weight is 493 g/mol. The fourth-order valence-electron chi connectivity index (χ4n) is 9.61. The number of hydrogen-bond donors (Lipinski definition) is 2. The number of rotatable bonds is 8. The van der Waals surface area contributed by atoms with Crippen molar-refractivity contribution in [3.8, 4) is 0 Å². The predicted molar refractivity (Wildman–Crippen MR) is 142 cm³/mol. The van der Waals surface area contributed by atoms with Crippen molar-refractivity contribution in [1.82, 2.24) is 0 Å². The van der Waals surface area contributed by atoms with Gasteiger partial charge < -0.3 is 19.7 Å². The molecule has 4 aliphatic rings. The number of ether oxygens (including phenoxy) is 2. The highest BCUT2D eigenvalue weighted by Crippen LogP contribution is 2.68. The minimum atomic E-state index is -0.555. The van der Waals surface area contributed by atoms with Crippen molar-refractivity contribution in [3.05, 3.63) is 0 Å². The molecule has 0 aliphatic heterocycles. The minimum Gasteiger partial charge on any atom is -0.390 e. The standard InChI is InChI=1S/C31H56O4/c1-20(13-16-28(2,3)33)22-11-12-23-21-9-10-25-27(32)26(35-19-29(4,5)34-8)15-18-31(25,7)24(21)14-17-30(22,23)6/h20-27,32-33H,9-19H2,1-8H3/t20-,21+,22-,23+,24+,25+,26+,27-,30-,31-/m1/s1. The SMILES string of the molecule is COC(C)(C)CO[C@H]1CC[C@@]2(C)[C@@H](CC[C@@H]3[C@@H]2CC[C@]2(C)[C@@H]([C@H](C)CCC(C)(C)O)CC[C@@H]32)[C@H]1O. The largest absolute Gasteiger partial charge is 0.390 e. The van der Waals surface area contributed by atoms with Crippen LogP contribution in [0.2, 0.25) is 0 Å². The Bertz CT molecular complexity index is 728. The smallest absolute Gasteiger partial charge is 0.0855 e. The van der Waals surface area contributed by atoms with Gasteiger partial charge in [-0.25, -0.2) is 0 Å². The second-order valence-electron chi connectivity index (χ2n) is 15.0. The van der Waals surface area contributed by atoms with E-state index in [0.29, 0.717) is 23.9 Å². The van der Waals surface area contributed by atoms with Gasteiger partial charge in [0.25, 0.3) is 0 Å². The van der Waals surface area contributed by atoms with Crippen molar-refractivity contribution in [1.29, 1.82) is 0 Å². The van der Waals surface area contributed by atoms with E-state index in [9.17, 15) is 10.2 Å². The molecule has 0 aromatic carbocycles. The van der Waals surface area contributed by atoms with Crippen molar-refractivity contribution in [2.75, 3.05) is 13.7 Å². The third-order valence-corrected chi connectivity index (χ3v) is 11.9. The molecule has 4 saturated carbocycles. The first-order chi connectivity index (χ1) is 16.2. The van der Waals surface area contributed by atoms with Crippen LogP contribution in [-0.4, -0.2) is 47.3 Å². The topological polar surface area (TPSA) is 58.9 Å². The van der Waals surface area contributed by atoms with Crippen LogP contribution in [0.5, 0.6) is 0 Å². The van der Waals surface area contributed by atoms with Crippen molar-refractivity contribution in [3.63, 3.8) is 0 Å². The molecule has 0 spiro atoms. The Hall–Kier alpha value is -0.160. The van der Waals surface area contributed by atoms with Crippen LogP contribution in [0.3, 0.4) is 0 Å². The van der Waals surface area contributed by atoms with Gasteiger partial charge in [0, 0.05) is 7.11 Å². The van der Waals surface area contributed by atoms with Crippen LogP contribution < -0.4 is 0 Å². The Morgan fingerprint density at radius 3 is 2.17 bits per heavy atom. The Morgan fingerprint density at radius 1 is 0.886 bits per heavy atom. The van der Waals surface area contributed by atoms with Crippen LogP contribution in [0, 0.1) is 46.3 Å². The summed E-state index contributed by atoms with van der Waals surface area (Å²) in [5.41, 5.74) is -0.172. The number of methoxy groups -OCH3 is 1. The van der Waals surface area contributed by atoms with E-state index in [1.54, 1.807) is 7.11 Å². The highest BCUT2D eigenvalue weighted by molar-refractivity contribution is 5.11. The molecule has 4 rings (SSSR count). The molecule has 0 radical (unpaired) electrons. The second-order valence-corrected chi connectivity index (χ2v) is 15.0. The van der Waals surface area contributed by atoms with Gasteiger partial charge in [-0.3, -0.25) is 0 Å². The van der Waals surface area contributed by atoms with Crippen molar-refractivity contribution < 1.29 is 19.7 Å². The first-order valence-electron chi connectivity index (χ1n) is 14.8. The molecule has 0 heterocycles. The molecule has 0 saturated heterocycles. The molecule has 4 aliphatic carbocycles. The van der Waals surface area contributed by atoms with Crippen LogP contribution in [0.1, 0.15) is 113 Å². The predicted octanol–water partition coefficient (Wildman–Crippen LogP) is 6.61. The van der Waals surface area contributed by atoms with Gasteiger partial charge in [-0.1, -0.05) is 20.8 Å². The zero-order valence-corrected chi connectivity index (χ0v) is 24.1. The highest BCUT2D eigenvalue weighted by atomic mass is 16.5. The summed E-state index contributed by atoms with van der Waals surface area (Å²) in [5, 5.41) is 21.8. The van der Waals surface area contributed by atoms with Gasteiger partial charge >= 0.3 is 0 Å². The molecule has 10 atom stereocenters. The van der Waals surface area contributed by atoms with Gasteiger partial charge in [0.1, 0.15) is 0 Å². The Morgan fingerprint density at radius 2 is 1.51 bits per heavy atom. The molecular weight excluding hydrogens is 436 g/mol. The third kappa shape index (κ3) is 5.25. The maximum Gasteiger partial charge on any atom is 0.0855 e. The summed E-state index contributed by atoms with van der Waals surface area (Å²) in [4.78, 5) is 0. The quantitative estimate of drug-likeness (QED) is 0.400. The van der Waals surface area contributed by atoms with E-state index >= 15 is 0 Å². The molecule has 2 N–H and O–H groups in total. The maximum absolute atomic E-state index is 11.5. The summed E-state index contributed by atoms with van der Waals surface area (Å²) < 4.78 is 11.8. The van der Waals surface area contributed by atoms with E-state index in [4.69, 9.17) is 9.47 Å². The lowest BCUT2D eigenvalue weighted by Gasteiger charge is -2.62.